The van der Waals surface area contributed by atoms with Gasteiger partial charge in [0.2, 0.25) is 0 Å². The average molecular weight is 231 g/mol. The molecule has 2 N–H and O–H groups in total. The van der Waals surface area contributed by atoms with Crippen LogP contribution in [0.2, 0.25) is 0 Å². The molecule has 0 aromatic carbocycles. The monoisotopic (exact) mass is 231 g/mol. The van der Waals surface area contributed by atoms with Crippen LogP contribution in [0.15, 0.2) is 0 Å². The van der Waals surface area contributed by atoms with Crippen molar-refractivity contribution in [2.24, 2.45) is 5.41 Å². The minimum atomic E-state index is -0.829. The molecule has 1 unspecified atom stereocenters. The van der Waals surface area contributed by atoms with Gasteiger partial charge in [-0.3, -0.25) is 9.59 Å². The molecule has 0 rings (SSSR count). The van der Waals surface area contributed by atoms with Crippen molar-refractivity contribution in [1.82, 2.24) is 4.90 Å². The van der Waals surface area contributed by atoms with Gasteiger partial charge < -0.3 is 15.1 Å². The van der Waals surface area contributed by atoms with Crippen molar-refractivity contribution in [3.8, 4) is 0 Å². The molecule has 0 aromatic rings. The Balaban J connectivity index is 4.13. The number of carboxylic acid groups (broad SMARTS) is 2. The molecule has 94 valence electrons. The topological polar surface area (TPSA) is 77.8 Å². The van der Waals surface area contributed by atoms with Crippen molar-refractivity contribution in [3.63, 3.8) is 0 Å². The molecule has 5 heteroatoms. The van der Waals surface area contributed by atoms with E-state index < -0.39 is 17.4 Å². The van der Waals surface area contributed by atoms with Crippen LogP contribution in [0.25, 0.3) is 0 Å². The summed E-state index contributed by atoms with van der Waals surface area (Å²) in [7, 11) is 3.66. The third-order valence-electron chi connectivity index (χ3n) is 2.55. The Morgan fingerprint density at radius 1 is 1.19 bits per heavy atom. The molecule has 0 radical (unpaired) electrons. The zero-order valence-electron chi connectivity index (χ0n) is 10.2. The molecule has 5 nitrogen and oxygen atoms in total. The molecule has 0 bridgehead atoms. The van der Waals surface area contributed by atoms with Crippen LogP contribution >= 0.6 is 0 Å². The highest BCUT2D eigenvalue weighted by Crippen LogP contribution is 2.25. The highest BCUT2D eigenvalue weighted by molar-refractivity contribution is 5.74. The number of carbonyl (C=O) groups is 2. The first kappa shape index (κ1) is 14.9. The summed E-state index contributed by atoms with van der Waals surface area (Å²) < 4.78 is 0. The number of rotatable bonds is 8. The Labute approximate surface area is 96.1 Å². The Bertz CT molecular complexity index is 252. The molecule has 0 spiro atoms. The number of hydrogen-bond acceptors (Lipinski definition) is 3. The number of unbranched alkanes of at least 4 members (excludes halogenated alkanes) is 1. The average Bonchev–Trinajstić information content (AvgIpc) is 2.10. The van der Waals surface area contributed by atoms with Crippen LogP contribution in [0.1, 0.15) is 32.6 Å². The fourth-order valence-electron chi connectivity index (χ4n) is 1.74. The van der Waals surface area contributed by atoms with Crippen LogP contribution in [-0.2, 0) is 9.59 Å². The van der Waals surface area contributed by atoms with Crippen LogP contribution < -0.4 is 0 Å². The Morgan fingerprint density at radius 3 is 2.12 bits per heavy atom. The third-order valence-corrected chi connectivity index (χ3v) is 2.55. The van der Waals surface area contributed by atoms with Gasteiger partial charge in [0.1, 0.15) is 0 Å². The molecule has 0 saturated heterocycles. The van der Waals surface area contributed by atoms with Gasteiger partial charge in [-0.25, -0.2) is 0 Å². The van der Waals surface area contributed by atoms with E-state index in [4.69, 9.17) is 10.2 Å². The number of aliphatic carboxylic acids is 2. The van der Waals surface area contributed by atoms with Crippen molar-refractivity contribution in [2.75, 3.05) is 20.6 Å². The van der Waals surface area contributed by atoms with Crippen LogP contribution in [0.5, 0.6) is 0 Å². The zero-order chi connectivity index (χ0) is 12.8. The minimum absolute atomic E-state index is 0.109. The fourth-order valence-corrected chi connectivity index (χ4v) is 1.74. The SMILES string of the molecule is CN(C)CC(C)(CCCCC(=O)O)C(=O)O. The predicted molar refractivity (Wildman–Crippen MR) is 60.4 cm³/mol. The van der Waals surface area contributed by atoms with E-state index in [1.54, 1.807) is 6.92 Å². The molecule has 0 heterocycles. The second-order valence-electron chi connectivity index (χ2n) is 4.70. The molecule has 16 heavy (non-hydrogen) atoms. The van der Waals surface area contributed by atoms with Crippen molar-refractivity contribution in [3.05, 3.63) is 0 Å². The first-order chi connectivity index (χ1) is 7.28. The molecular formula is C11H21NO4. The second-order valence-corrected chi connectivity index (χ2v) is 4.70. The first-order valence-corrected chi connectivity index (χ1v) is 5.38. The third kappa shape index (κ3) is 5.70. The summed E-state index contributed by atoms with van der Waals surface area (Å²) in [6.07, 6.45) is 1.78. The zero-order valence-corrected chi connectivity index (χ0v) is 10.2. The van der Waals surface area contributed by atoms with Gasteiger partial charge >= 0.3 is 11.9 Å². The van der Waals surface area contributed by atoms with Gasteiger partial charge in [-0.15, -0.1) is 0 Å². The maximum atomic E-state index is 11.1. The largest absolute Gasteiger partial charge is 0.481 e. The first-order valence-electron chi connectivity index (χ1n) is 5.38. The molecule has 0 fully saturated rings. The minimum Gasteiger partial charge on any atom is -0.481 e. The van der Waals surface area contributed by atoms with Crippen molar-refractivity contribution in [2.45, 2.75) is 32.6 Å². The quantitative estimate of drug-likeness (QED) is 0.615. The van der Waals surface area contributed by atoms with E-state index in [0.29, 0.717) is 25.8 Å². The standard InChI is InChI=1S/C11H21NO4/c1-11(10(15)16,8-12(2)3)7-5-4-6-9(13)14/h4-8H2,1-3H3,(H,13,14)(H,15,16). The van der Waals surface area contributed by atoms with E-state index in [1.165, 1.54) is 0 Å². The Kier molecular flexibility index (Phi) is 6.03. The number of hydrogen-bond donors (Lipinski definition) is 2. The molecular weight excluding hydrogens is 210 g/mol. The van der Waals surface area contributed by atoms with Gasteiger partial charge in [0.05, 0.1) is 5.41 Å². The van der Waals surface area contributed by atoms with E-state index in [2.05, 4.69) is 0 Å². The summed E-state index contributed by atoms with van der Waals surface area (Å²) in [5.74, 6) is -1.65. The van der Waals surface area contributed by atoms with Gasteiger partial charge in [-0.2, -0.15) is 0 Å². The Morgan fingerprint density at radius 2 is 1.75 bits per heavy atom. The molecule has 0 aliphatic carbocycles. The van der Waals surface area contributed by atoms with Gasteiger partial charge in [0, 0.05) is 13.0 Å². The van der Waals surface area contributed by atoms with Crippen LogP contribution in [0.4, 0.5) is 0 Å². The Hall–Kier alpha value is -1.10. The lowest BCUT2D eigenvalue weighted by molar-refractivity contribution is -0.149. The summed E-state index contributed by atoms with van der Waals surface area (Å²) in [5, 5.41) is 17.6. The van der Waals surface area contributed by atoms with Crippen LogP contribution in [-0.4, -0.2) is 47.7 Å². The van der Waals surface area contributed by atoms with E-state index in [9.17, 15) is 9.59 Å². The molecule has 0 aliphatic rings. The van der Waals surface area contributed by atoms with Crippen molar-refractivity contribution >= 4 is 11.9 Å². The molecule has 0 amide bonds. The van der Waals surface area contributed by atoms with Gasteiger partial charge in [-0.05, 0) is 33.9 Å². The van der Waals surface area contributed by atoms with Gasteiger partial charge in [-0.1, -0.05) is 6.42 Å². The lowest BCUT2D eigenvalue weighted by atomic mass is 9.84. The second kappa shape index (κ2) is 6.48. The smallest absolute Gasteiger partial charge is 0.310 e. The van der Waals surface area contributed by atoms with Gasteiger partial charge in [0.25, 0.3) is 0 Å². The summed E-state index contributed by atoms with van der Waals surface area (Å²) in [6.45, 7) is 2.17. The van der Waals surface area contributed by atoms with Crippen molar-refractivity contribution in [1.29, 1.82) is 0 Å². The van der Waals surface area contributed by atoms with Crippen LogP contribution in [0.3, 0.4) is 0 Å². The molecule has 0 aliphatic heterocycles. The van der Waals surface area contributed by atoms with Crippen molar-refractivity contribution < 1.29 is 19.8 Å². The summed E-state index contributed by atoms with van der Waals surface area (Å²) >= 11 is 0. The van der Waals surface area contributed by atoms with Crippen LogP contribution in [0, 0.1) is 5.41 Å². The normalized spacial score (nSPS) is 14.8. The highest BCUT2D eigenvalue weighted by atomic mass is 16.4. The van der Waals surface area contributed by atoms with E-state index in [1.807, 2.05) is 19.0 Å². The maximum absolute atomic E-state index is 11.1. The number of nitrogens with zero attached hydrogens (tertiary/aromatic N) is 1. The lowest BCUT2D eigenvalue weighted by Crippen LogP contribution is -2.38. The highest BCUT2D eigenvalue weighted by Gasteiger charge is 2.32. The van der Waals surface area contributed by atoms with E-state index >= 15 is 0 Å². The molecule has 0 saturated carbocycles. The summed E-state index contributed by atoms with van der Waals surface area (Å²) in [5.41, 5.74) is -0.790. The number of carboxylic acids is 2. The summed E-state index contributed by atoms with van der Waals surface area (Å²) in [4.78, 5) is 23.3. The van der Waals surface area contributed by atoms with E-state index in [-0.39, 0.29) is 6.42 Å². The fraction of sp³-hybridized carbons (Fsp3) is 0.818. The lowest BCUT2D eigenvalue weighted by Gasteiger charge is -2.28. The molecule has 0 aromatic heterocycles. The maximum Gasteiger partial charge on any atom is 0.310 e. The van der Waals surface area contributed by atoms with E-state index in [0.717, 1.165) is 0 Å². The molecule has 1 atom stereocenters. The summed E-state index contributed by atoms with van der Waals surface area (Å²) in [6, 6.07) is 0. The predicted octanol–water partition coefficient (Wildman–Crippen LogP) is 1.28. The van der Waals surface area contributed by atoms with Gasteiger partial charge in [0.15, 0.2) is 0 Å².